The summed E-state index contributed by atoms with van der Waals surface area (Å²) in [4.78, 5) is 22.2. The highest BCUT2D eigenvalue weighted by molar-refractivity contribution is 6.03. The molecule has 21 heavy (non-hydrogen) atoms. The first-order valence-corrected chi connectivity index (χ1v) is 7.08. The maximum atomic E-state index is 12.1. The predicted octanol–water partition coefficient (Wildman–Crippen LogP) is 2.88. The molecule has 0 bridgehead atoms. The van der Waals surface area contributed by atoms with E-state index in [4.69, 9.17) is 0 Å². The number of aryl methyl sites for hydroxylation is 1. The minimum absolute atomic E-state index is 0.248. The molecule has 5 nitrogen and oxygen atoms in total. The number of aromatic nitrogens is 2. The Morgan fingerprint density at radius 2 is 2.00 bits per heavy atom. The Balaban J connectivity index is 2.16. The summed E-state index contributed by atoms with van der Waals surface area (Å²) in [7, 11) is 0. The quantitative estimate of drug-likeness (QED) is 0.917. The Hall–Kier alpha value is -2.43. The maximum absolute atomic E-state index is 12.1. The number of nitrogens with zero attached hydrogens (tertiary/aromatic N) is 3. The van der Waals surface area contributed by atoms with Crippen LogP contribution < -0.4 is 10.2 Å². The highest BCUT2D eigenvalue weighted by Gasteiger charge is 2.10. The molecule has 0 radical (unpaired) electrons. The molecular weight excluding hydrogens is 264 g/mol. The van der Waals surface area contributed by atoms with Gasteiger partial charge in [0.15, 0.2) is 0 Å². The molecule has 0 saturated carbocycles. The zero-order chi connectivity index (χ0) is 15.2. The van der Waals surface area contributed by atoms with Crippen molar-refractivity contribution in [3.05, 3.63) is 48.0 Å². The molecule has 0 aliphatic carbocycles. The first kappa shape index (κ1) is 15.0. The van der Waals surface area contributed by atoms with Gasteiger partial charge in [-0.05, 0) is 44.5 Å². The summed E-state index contributed by atoms with van der Waals surface area (Å²) in [5.41, 5.74) is 3.29. The average molecular weight is 284 g/mol. The van der Waals surface area contributed by atoms with Crippen LogP contribution in [0.15, 0.2) is 36.8 Å². The number of rotatable bonds is 5. The summed E-state index contributed by atoms with van der Waals surface area (Å²) in [5.74, 6) is -0.248. The van der Waals surface area contributed by atoms with Crippen LogP contribution in [0.3, 0.4) is 0 Å². The van der Waals surface area contributed by atoms with Crippen LogP contribution in [0.5, 0.6) is 0 Å². The lowest BCUT2D eigenvalue weighted by Crippen LogP contribution is -2.22. The highest BCUT2D eigenvalue weighted by atomic mass is 16.1. The molecule has 1 aromatic heterocycles. The predicted molar refractivity (Wildman–Crippen MR) is 84.7 cm³/mol. The van der Waals surface area contributed by atoms with Crippen molar-refractivity contribution in [1.82, 2.24) is 9.97 Å². The summed E-state index contributed by atoms with van der Waals surface area (Å²) >= 11 is 0. The first-order valence-electron chi connectivity index (χ1n) is 7.08. The van der Waals surface area contributed by atoms with Crippen LogP contribution in [-0.2, 0) is 0 Å². The van der Waals surface area contributed by atoms with E-state index in [9.17, 15) is 4.79 Å². The maximum Gasteiger partial charge on any atom is 0.275 e. The van der Waals surface area contributed by atoms with Crippen LogP contribution in [0.25, 0.3) is 0 Å². The van der Waals surface area contributed by atoms with Crippen molar-refractivity contribution in [1.29, 1.82) is 0 Å². The fourth-order valence-corrected chi connectivity index (χ4v) is 2.18. The summed E-state index contributed by atoms with van der Waals surface area (Å²) in [6.45, 7) is 8.16. The molecule has 0 aliphatic rings. The summed E-state index contributed by atoms with van der Waals surface area (Å²) in [5, 5.41) is 2.87. The number of amides is 1. The number of nitrogens with one attached hydrogen (secondary N) is 1. The van der Waals surface area contributed by atoms with E-state index in [1.807, 2.05) is 19.1 Å². The van der Waals surface area contributed by atoms with Crippen LogP contribution >= 0.6 is 0 Å². The van der Waals surface area contributed by atoms with Gasteiger partial charge in [-0.1, -0.05) is 0 Å². The number of carbonyl (C=O) groups is 1. The van der Waals surface area contributed by atoms with Gasteiger partial charge in [0.1, 0.15) is 5.69 Å². The lowest BCUT2D eigenvalue weighted by molar-refractivity contribution is 0.102. The lowest BCUT2D eigenvalue weighted by atomic mass is 10.1. The van der Waals surface area contributed by atoms with Gasteiger partial charge >= 0.3 is 0 Å². The normalized spacial score (nSPS) is 10.2. The zero-order valence-corrected chi connectivity index (χ0v) is 12.6. The largest absolute Gasteiger partial charge is 0.372 e. The molecule has 1 amide bonds. The lowest BCUT2D eigenvalue weighted by Gasteiger charge is -2.22. The van der Waals surface area contributed by atoms with Gasteiger partial charge < -0.3 is 10.2 Å². The van der Waals surface area contributed by atoms with Crippen molar-refractivity contribution >= 4 is 17.3 Å². The van der Waals surface area contributed by atoms with Crippen molar-refractivity contribution in [2.45, 2.75) is 20.8 Å². The molecule has 0 fully saturated rings. The highest BCUT2D eigenvalue weighted by Crippen LogP contribution is 2.23. The molecule has 5 heteroatoms. The van der Waals surface area contributed by atoms with Crippen LogP contribution in [0.2, 0.25) is 0 Å². The van der Waals surface area contributed by atoms with Gasteiger partial charge in [0.05, 0.1) is 6.20 Å². The van der Waals surface area contributed by atoms with Gasteiger partial charge in [-0.15, -0.1) is 0 Å². The average Bonchev–Trinajstić information content (AvgIpc) is 2.52. The van der Waals surface area contributed by atoms with E-state index in [0.29, 0.717) is 5.69 Å². The van der Waals surface area contributed by atoms with E-state index >= 15 is 0 Å². The second-order valence-corrected chi connectivity index (χ2v) is 4.72. The van der Waals surface area contributed by atoms with Gasteiger partial charge in [0.2, 0.25) is 0 Å². The van der Waals surface area contributed by atoms with Crippen LogP contribution in [0.1, 0.15) is 29.9 Å². The molecule has 0 unspecified atom stereocenters. The van der Waals surface area contributed by atoms with Crippen LogP contribution in [0, 0.1) is 6.92 Å². The van der Waals surface area contributed by atoms with E-state index in [0.717, 1.165) is 30.0 Å². The molecule has 0 aliphatic heterocycles. The van der Waals surface area contributed by atoms with Gasteiger partial charge in [-0.3, -0.25) is 9.78 Å². The molecule has 1 heterocycles. The summed E-state index contributed by atoms with van der Waals surface area (Å²) < 4.78 is 0. The Kier molecular flexibility index (Phi) is 4.87. The molecule has 1 aromatic carbocycles. The third-order valence-corrected chi connectivity index (χ3v) is 3.38. The Labute approximate surface area is 125 Å². The topological polar surface area (TPSA) is 58.1 Å². The van der Waals surface area contributed by atoms with Gasteiger partial charge in [0, 0.05) is 36.9 Å². The zero-order valence-electron chi connectivity index (χ0n) is 12.6. The third kappa shape index (κ3) is 3.56. The minimum atomic E-state index is -0.248. The van der Waals surface area contributed by atoms with E-state index in [1.165, 1.54) is 12.4 Å². The molecule has 110 valence electrons. The van der Waals surface area contributed by atoms with E-state index in [2.05, 4.69) is 40.1 Å². The van der Waals surface area contributed by atoms with Gasteiger partial charge in [-0.2, -0.15) is 0 Å². The Bertz CT molecular complexity index is 609. The molecule has 0 spiro atoms. The standard InChI is InChI=1S/C16H20N4O/c1-4-20(5-2)13-6-7-14(12(3)10-13)19-16(21)15-11-17-8-9-18-15/h6-11H,4-5H2,1-3H3,(H,19,21). The molecule has 0 saturated heterocycles. The smallest absolute Gasteiger partial charge is 0.275 e. The van der Waals surface area contributed by atoms with Gasteiger partial charge in [0.25, 0.3) is 5.91 Å². The monoisotopic (exact) mass is 284 g/mol. The molecule has 2 rings (SSSR count). The first-order chi connectivity index (χ1) is 10.2. The van der Waals surface area contributed by atoms with Crippen LogP contribution in [0.4, 0.5) is 11.4 Å². The number of hydrogen-bond donors (Lipinski definition) is 1. The third-order valence-electron chi connectivity index (χ3n) is 3.38. The van der Waals surface area contributed by atoms with E-state index in [1.54, 1.807) is 6.20 Å². The molecular formula is C16H20N4O. The van der Waals surface area contributed by atoms with Crippen molar-refractivity contribution in [2.75, 3.05) is 23.3 Å². The number of hydrogen-bond acceptors (Lipinski definition) is 4. The van der Waals surface area contributed by atoms with Crippen molar-refractivity contribution in [2.24, 2.45) is 0 Å². The molecule has 1 N–H and O–H groups in total. The Morgan fingerprint density at radius 1 is 1.24 bits per heavy atom. The van der Waals surface area contributed by atoms with Crippen LogP contribution in [-0.4, -0.2) is 29.0 Å². The SMILES string of the molecule is CCN(CC)c1ccc(NC(=O)c2cnccn2)c(C)c1. The van der Waals surface area contributed by atoms with Crippen molar-refractivity contribution in [3.8, 4) is 0 Å². The fourth-order valence-electron chi connectivity index (χ4n) is 2.18. The summed E-state index contributed by atoms with van der Waals surface area (Å²) in [6, 6.07) is 6.03. The summed E-state index contributed by atoms with van der Waals surface area (Å²) in [6.07, 6.45) is 4.50. The number of carbonyl (C=O) groups excluding carboxylic acids is 1. The Morgan fingerprint density at radius 3 is 2.57 bits per heavy atom. The second-order valence-electron chi connectivity index (χ2n) is 4.72. The second kappa shape index (κ2) is 6.83. The number of anilines is 2. The fraction of sp³-hybridized carbons (Fsp3) is 0.312. The van der Waals surface area contributed by atoms with Crippen molar-refractivity contribution < 1.29 is 4.79 Å². The van der Waals surface area contributed by atoms with Gasteiger partial charge in [-0.25, -0.2) is 4.98 Å². The number of benzene rings is 1. The minimum Gasteiger partial charge on any atom is -0.372 e. The molecule has 0 atom stereocenters. The van der Waals surface area contributed by atoms with E-state index in [-0.39, 0.29) is 5.91 Å². The molecule has 2 aromatic rings. The van der Waals surface area contributed by atoms with Crippen molar-refractivity contribution in [3.63, 3.8) is 0 Å². The van der Waals surface area contributed by atoms with E-state index < -0.39 is 0 Å².